The van der Waals surface area contributed by atoms with Gasteiger partial charge in [-0.3, -0.25) is 0 Å². The van der Waals surface area contributed by atoms with Crippen molar-refractivity contribution in [2.45, 2.75) is 117 Å². The number of aliphatic hydroxyl groups excluding tert-OH is 13. The number of nitrogens with one attached hydrogen (secondary N) is 1. The first kappa shape index (κ1) is 37.2. The second kappa shape index (κ2) is 16.0. The highest BCUT2D eigenvalue weighted by Crippen LogP contribution is 2.30. The molecule has 18 unspecified atom stereocenters. The number of carbonyl (C=O) groups excluding carboxylic acids is 1. The minimum Gasteiger partial charge on any atom is -0.394 e. The van der Waals surface area contributed by atoms with Gasteiger partial charge in [-0.15, -0.1) is 0 Å². The van der Waals surface area contributed by atoms with E-state index in [9.17, 15) is 71.2 Å². The predicted octanol–water partition coefficient (Wildman–Crippen LogP) is -8.72. The minimum atomic E-state index is -2.06. The van der Waals surface area contributed by atoms with Crippen LogP contribution >= 0.6 is 0 Å². The van der Waals surface area contributed by atoms with Gasteiger partial charge in [-0.05, 0) is 12.5 Å². The van der Waals surface area contributed by atoms with Crippen molar-refractivity contribution in [3.63, 3.8) is 0 Å². The molecule has 18 atom stereocenters. The molecule has 0 spiro atoms. The van der Waals surface area contributed by atoms with Crippen molar-refractivity contribution < 1.29 is 90.1 Å². The fourth-order valence-electron chi connectivity index (χ4n) is 5.25. The molecule has 44 heavy (non-hydrogen) atoms. The SMILES string of the molecule is CC1OC(OC2C(CO)OC(OCC(O)C(O)C(O)C(O)C=O)C(O)C2O)C(O)C(O)C1NC1C=C(CO)C(O)C(O)C1O. The van der Waals surface area contributed by atoms with E-state index in [1.165, 1.54) is 13.0 Å². The molecule has 2 heterocycles. The Morgan fingerprint density at radius 3 is 2.09 bits per heavy atom. The summed E-state index contributed by atoms with van der Waals surface area (Å²) in [5.74, 6) is 0. The average Bonchev–Trinajstić information content (AvgIpc) is 3.01. The first-order valence-corrected chi connectivity index (χ1v) is 13.9. The molecular formula is C25H43NO18. The maximum atomic E-state index is 10.9. The molecule has 19 heteroatoms. The van der Waals surface area contributed by atoms with Crippen molar-refractivity contribution in [1.82, 2.24) is 5.32 Å². The van der Waals surface area contributed by atoms with E-state index in [1.54, 1.807) is 0 Å². The van der Waals surface area contributed by atoms with Gasteiger partial charge < -0.3 is 95.4 Å². The molecule has 1 aliphatic carbocycles. The lowest BCUT2D eigenvalue weighted by atomic mass is 9.86. The number of rotatable bonds is 13. The Labute approximate surface area is 250 Å². The number of aliphatic hydroxyl groups is 13. The zero-order valence-corrected chi connectivity index (χ0v) is 23.5. The van der Waals surface area contributed by atoms with Crippen LogP contribution in [-0.2, 0) is 23.7 Å². The minimum absolute atomic E-state index is 0.0167. The monoisotopic (exact) mass is 645 g/mol. The molecule has 2 fully saturated rings. The lowest BCUT2D eigenvalue weighted by molar-refractivity contribution is -0.352. The molecule has 14 N–H and O–H groups in total. The third-order valence-electron chi connectivity index (χ3n) is 8.01. The van der Waals surface area contributed by atoms with E-state index in [-0.39, 0.29) is 11.9 Å². The van der Waals surface area contributed by atoms with E-state index in [1.807, 2.05) is 0 Å². The highest BCUT2D eigenvalue weighted by Gasteiger charge is 2.51. The Hall–Kier alpha value is -1.31. The Morgan fingerprint density at radius 1 is 0.864 bits per heavy atom. The number of hydrogen-bond acceptors (Lipinski definition) is 19. The Balaban J connectivity index is 1.63. The van der Waals surface area contributed by atoms with Crippen molar-refractivity contribution in [3.05, 3.63) is 11.6 Å². The topological polar surface area (TPSA) is 329 Å². The normalized spacial score (nSPS) is 44.4. The Bertz CT molecular complexity index is 943. The molecule has 0 radical (unpaired) electrons. The molecule has 2 aliphatic heterocycles. The molecule has 256 valence electrons. The molecule has 0 aromatic carbocycles. The summed E-state index contributed by atoms with van der Waals surface area (Å²) < 4.78 is 21.9. The van der Waals surface area contributed by atoms with Crippen LogP contribution in [0.2, 0.25) is 0 Å². The third kappa shape index (κ3) is 7.97. The molecule has 0 bridgehead atoms. The molecule has 19 nitrogen and oxygen atoms in total. The van der Waals surface area contributed by atoms with Crippen LogP contribution in [-0.4, -0.2) is 203 Å². The quantitative estimate of drug-likeness (QED) is 0.0653. The van der Waals surface area contributed by atoms with Crippen molar-refractivity contribution in [1.29, 1.82) is 0 Å². The first-order valence-electron chi connectivity index (χ1n) is 13.9. The number of hydrogen-bond donors (Lipinski definition) is 14. The number of aldehydes is 1. The van der Waals surface area contributed by atoms with Crippen molar-refractivity contribution in [3.8, 4) is 0 Å². The summed E-state index contributed by atoms with van der Waals surface area (Å²) in [5, 5.41) is 134. The summed E-state index contributed by atoms with van der Waals surface area (Å²) in [4.78, 5) is 10.6. The molecule has 3 aliphatic rings. The van der Waals surface area contributed by atoms with Gasteiger partial charge in [0.2, 0.25) is 0 Å². The van der Waals surface area contributed by atoms with Gasteiger partial charge in [0.05, 0.1) is 38.0 Å². The molecule has 2 saturated heterocycles. The lowest BCUT2D eigenvalue weighted by Crippen LogP contribution is -2.68. The lowest BCUT2D eigenvalue weighted by Gasteiger charge is -2.47. The van der Waals surface area contributed by atoms with Gasteiger partial charge in [-0.1, -0.05) is 6.08 Å². The highest BCUT2D eigenvalue weighted by atomic mass is 16.7. The molecule has 0 aromatic rings. The van der Waals surface area contributed by atoms with Crippen molar-refractivity contribution in [2.75, 3.05) is 19.8 Å². The highest BCUT2D eigenvalue weighted by molar-refractivity contribution is 5.56. The summed E-state index contributed by atoms with van der Waals surface area (Å²) in [6, 6.07) is -2.18. The molecule has 0 amide bonds. The second-order valence-electron chi connectivity index (χ2n) is 11.1. The Kier molecular flexibility index (Phi) is 13.5. The largest absolute Gasteiger partial charge is 0.394 e. The van der Waals surface area contributed by atoms with Crippen molar-refractivity contribution >= 4 is 6.29 Å². The second-order valence-corrected chi connectivity index (χ2v) is 11.1. The standard InChI is InChI=1S/C25H43NO18/c1-7-13(26-9-2-8(3-27)14(32)19(37)15(9)33)18(36)21(39)25(42-7)44-23-12(5-29)43-24(22(40)20(23)38)41-6-11(31)17(35)16(34)10(30)4-28/h2,4,7,9-27,29-40H,3,5-6H2,1H3. The van der Waals surface area contributed by atoms with E-state index in [0.717, 1.165) is 0 Å². The van der Waals surface area contributed by atoms with Crippen LogP contribution in [0, 0.1) is 0 Å². The number of carbonyl (C=O) groups is 1. The van der Waals surface area contributed by atoms with Gasteiger partial charge in [0.1, 0.15) is 79.4 Å². The zero-order chi connectivity index (χ0) is 33.0. The summed E-state index contributed by atoms with van der Waals surface area (Å²) in [7, 11) is 0. The summed E-state index contributed by atoms with van der Waals surface area (Å²) in [6.07, 6.45) is -26.1. The molecule has 0 saturated carbocycles. The maximum Gasteiger partial charge on any atom is 0.187 e. The summed E-state index contributed by atoms with van der Waals surface area (Å²) in [6.45, 7) is -0.817. The third-order valence-corrected chi connectivity index (χ3v) is 8.01. The van der Waals surface area contributed by atoms with Crippen LogP contribution in [0.5, 0.6) is 0 Å². The first-order chi connectivity index (χ1) is 20.7. The van der Waals surface area contributed by atoms with Gasteiger partial charge in [0, 0.05) is 0 Å². The van der Waals surface area contributed by atoms with Crippen LogP contribution in [0.4, 0.5) is 0 Å². The van der Waals surface area contributed by atoms with E-state index in [4.69, 9.17) is 18.9 Å². The van der Waals surface area contributed by atoms with Crippen LogP contribution in [0.1, 0.15) is 6.92 Å². The van der Waals surface area contributed by atoms with E-state index >= 15 is 0 Å². The zero-order valence-electron chi connectivity index (χ0n) is 23.5. The predicted molar refractivity (Wildman–Crippen MR) is 139 cm³/mol. The van der Waals surface area contributed by atoms with Crippen molar-refractivity contribution in [2.24, 2.45) is 0 Å². The van der Waals surface area contributed by atoms with Gasteiger partial charge in [0.25, 0.3) is 0 Å². The summed E-state index contributed by atoms with van der Waals surface area (Å²) in [5.41, 5.74) is 0.0167. The molecular weight excluding hydrogens is 602 g/mol. The fourth-order valence-corrected chi connectivity index (χ4v) is 5.25. The molecule has 3 rings (SSSR count). The van der Waals surface area contributed by atoms with Crippen LogP contribution in [0.15, 0.2) is 11.6 Å². The van der Waals surface area contributed by atoms with E-state index in [0.29, 0.717) is 0 Å². The van der Waals surface area contributed by atoms with E-state index in [2.05, 4.69) is 5.32 Å². The van der Waals surface area contributed by atoms with Gasteiger partial charge >= 0.3 is 0 Å². The van der Waals surface area contributed by atoms with Gasteiger partial charge in [-0.25, -0.2) is 0 Å². The van der Waals surface area contributed by atoms with Crippen LogP contribution in [0.3, 0.4) is 0 Å². The maximum absolute atomic E-state index is 10.9. The van der Waals surface area contributed by atoms with Gasteiger partial charge in [0.15, 0.2) is 18.9 Å². The average molecular weight is 646 g/mol. The smallest absolute Gasteiger partial charge is 0.187 e. The number of ether oxygens (including phenoxy) is 4. The van der Waals surface area contributed by atoms with Crippen LogP contribution in [0.25, 0.3) is 0 Å². The molecule has 0 aromatic heterocycles. The van der Waals surface area contributed by atoms with Crippen LogP contribution < -0.4 is 5.32 Å². The Morgan fingerprint density at radius 2 is 1.50 bits per heavy atom. The van der Waals surface area contributed by atoms with E-state index < -0.39 is 130 Å². The van der Waals surface area contributed by atoms with Gasteiger partial charge in [-0.2, -0.15) is 0 Å². The summed E-state index contributed by atoms with van der Waals surface area (Å²) >= 11 is 0. The fraction of sp³-hybridized carbons (Fsp3) is 0.880.